The number of carbonyl (C=O) groups excluding carboxylic acids is 1. The summed E-state index contributed by atoms with van der Waals surface area (Å²) in [7, 11) is 0. The number of nitrogens with one attached hydrogen (secondary N) is 1. The molecule has 1 amide bonds. The number of benzene rings is 1. The lowest BCUT2D eigenvalue weighted by molar-refractivity contribution is 0.0689. The number of carboxylic acid groups (broad SMARTS) is 1. The molecule has 5 nitrogen and oxygen atoms in total. The van der Waals surface area contributed by atoms with Gasteiger partial charge in [-0.1, -0.05) is 44.2 Å². The third-order valence-corrected chi connectivity index (χ3v) is 3.50. The van der Waals surface area contributed by atoms with Crippen molar-refractivity contribution in [2.75, 3.05) is 6.54 Å². The molecule has 1 aromatic heterocycles. The zero-order valence-electron chi connectivity index (χ0n) is 13.2. The highest BCUT2D eigenvalue weighted by molar-refractivity contribution is 5.94. The second-order valence-corrected chi connectivity index (χ2v) is 6.25. The van der Waals surface area contributed by atoms with Crippen LogP contribution in [0.2, 0.25) is 0 Å². The number of pyridine rings is 1. The molecule has 1 heterocycles. The number of hydrogen-bond donors (Lipinski definition) is 2. The van der Waals surface area contributed by atoms with E-state index in [1.807, 2.05) is 18.2 Å². The quantitative estimate of drug-likeness (QED) is 0.859. The molecule has 120 valence electrons. The van der Waals surface area contributed by atoms with E-state index >= 15 is 0 Å². The van der Waals surface area contributed by atoms with Gasteiger partial charge in [0.2, 0.25) is 0 Å². The van der Waals surface area contributed by atoms with Gasteiger partial charge < -0.3 is 10.4 Å². The Hall–Kier alpha value is -2.69. The van der Waals surface area contributed by atoms with Crippen molar-refractivity contribution >= 4 is 11.9 Å². The molecule has 2 N–H and O–H groups in total. The smallest absolute Gasteiger partial charge is 0.354 e. The van der Waals surface area contributed by atoms with Crippen molar-refractivity contribution in [1.29, 1.82) is 0 Å². The molecular weight excluding hydrogens is 292 g/mol. The highest BCUT2D eigenvalue weighted by Crippen LogP contribution is 2.20. The fourth-order valence-electron chi connectivity index (χ4n) is 2.29. The fraction of sp³-hybridized carbons (Fsp3) is 0.278. The second kappa shape index (κ2) is 7.05. The Morgan fingerprint density at radius 1 is 1.13 bits per heavy atom. The molecule has 0 fully saturated rings. The van der Waals surface area contributed by atoms with Crippen LogP contribution in [0.4, 0.5) is 0 Å². The van der Waals surface area contributed by atoms with Crippen LogP contribution in [0.25, 0.3) is 0 Å². The molecular formula is C18H20N2O3. The Morgan fingerprint density at radius 3 is 2.39 bits per heavy atom. The number of rotatable bonds is 6. The van der Waals surface area contributed by atoms with E-state index in [1.54, 1.807) is 0 Å². The second-order valence-electron chi connectivity index (χ2n) is 6.25. The molecule has 0 spiro atoms. The maximum Gasteiger partial charge on any atom is 0.354 e. The normalized spacial score (nSPS) is 11.0. The monoisotopic (exact) mass is 312 g/mol. The van der Waals surface area contributed by atoms with E-state index in [4.69, 9.17) is 5.11 Å². The first-order valence-corrected chi connectivity index (χ1v) is 7.39. The van der Waals surface area contributed by atoms with E-state index in [0.29, 0.717) is 12.1 Å². The van der Waals surface area contributed by atoms with E-state index in [0.717, 1.165) is 6.42 Å². The van der Waals surface area contributed by atoms with Crippen LogP contribution in [0.3, 0.4) is 0 Å². The highest BCUT2D eigenvalue weighted by atomic mass is 16.4. The molecule has 2 aromatic rings. The van der Waals surface area contributed by atoms with Gasteiger partial charge in [0.1, 0.15) is 5.69 Å². The number of amides is 1. The van der Waals surface area contributed by atoms with Crippen LogP contribution >= 0.6 is 0 Å². The van der Waals surface area contributed by atoms with Crippen molar-refractivity contribution in [2.45, 2.75) is 20.3 Å². The van der Waals surface area contributed by atoms with Crippen LogP contribution in [-0.4, -0.2) is 28.5 Å². The molecule has 0 radical (unpaired) electrons. The van der Waals surface area contributed by atoms with E-state index in [-0.39, 0.29) is 17.0 Å². The minimum atomic E-state index is -1.11. The van der Waals surface area contributed by atoms with Crippen molar-refractivity contribution < 1.29 is 14.7 Å². The first kappa shape index (κ1) is 16.7. The first-order chi connectivity index (χ1) is 10.9. The topological polar surface area (TPSA) is 79.3 Å². The summed E-state index contributed by atoms with van der Waals surface area (Å²) in [4.78, 5) is 26.6. The van der Waals surface area contributed by atoms with Gasteiger partial charge >= 0.3 is 5.97 Å². The summed E-state index contributed by atoms with van der Waals surface area (Å²) in [5.74, 6) is -1.36. The molecule has 0 unspecified atom stereocenters. The molecule has 0 aliphatic carbocycles. The summed E-state index contributed by atoms with van der Waals surface area (Å²) >= 11 is 0. The fourth-order valence-corrected chi connectivity index (χ4v) is 2.29. The van der Waals surface area contributed by atoms with Crippen molar-refractivity contribution in [3.63, 3.8) is 0 Å². The zero-order valence-corrected chi connectivity index (χ0v) is 13.2. The van der Waals surface area contributed by atoms with Gasteiger partial charge in [-0.2, -0.15) is 0 Å². The standard InChI is InChI=1S/C18H20N2O3/c1-18(2,10-13-6-4-3-5-7-13)12-20-16(21)14-8-9-15(17(22)23)19-11-14/h3-9,11H,10,12H2,1-2H3,(H,20,21)(H,22,23). The minimum Gasteiger partial charge on any atom is -0.477 e. The van der Waals surface area contributed by atoms with Gasteiger partial charge in [0.25, 0.3) is 5.91 Å². The zero-order chi connectivity index (χ0) is 16.9. The molecule has 0 aliphatic heterocycles. The van der Waals surface area contributed by atoms with Crippen LogP contribution in [0.5, 0.6) is 0 Å². The summed E-state index contributed by atoms with van der Waals surface area (Å²) in [6.45, 7) is 4.69. The predicted molar refractivity (Wildman–Crippen MR) is 87.5 cm³/mol. The van der Waals surface area contributed by atoms with Crippen molar-refractivity contribution in [3.05, 3.63) is 65.5 Å². The van der Waals surface area contributed by atoms with Gasteiger partial charge in [-0.15, -0.1) is 0 Å². The Bertz CT molecular complexity index is 679. The lowest BCUT2D eigenvalue weighted by atomic mass is 9.85. The number of aromatic nitrogens is 1. The number of nitrogens with zero attached hydrogens (tertiary/aromatic N) is 1. The SMILES string of the molecule is CC(C)(CNC(=O)c1ccc(C(=O)O)nc1)Cc1ccccc1. The molecule has 0 bridgehead atoms. The van der Waals surface area contributed by atoms with Gasteiger partial charge in [-0.3, -0.25) is 4.79 Å². The van der Waals surface area contributed by atoms with Crippen molar-refractivity contribution in [1.82, 2.24) is 10.3 Å². The molecule has 2 rings (SSSR count). The summed E-state index contributed by atoms with van der Waals surface area (Å²) in [6, 6.07) is 12.9. The van der Waals surface area contributed by atoms with Gasteiger partial charge in [0.15, 0.2) is 0 Å². The number of carbonyl (C=O) groups is 2. The van der Waals surface area contributed by atoms with Crippen LogP contribution < -0.4 is 5.32 Å². The average Bonchev–Trinajstić information content (AvgIpc) is 2.53. The average molecular weight is 312 g/mol. The lowest BCUT2D eigenvalue weighted by Crippen LogP contribution is -2.35. The molecule has 0 saturated heterocycles. The lowest BCUT2D eigenvalue weighted by Gasteiger charge is -2.25. The predicted octanol–water partition coefficient (Wildman–Crippen LogP) is 2.78. The van der Waals surface area contributed by atoms with Gasteiger partial charge in [-0.05, 0) is 29.5 Å². The Morgan fingerprint density at radius 2 is 1.83 bits per heavy atom. The van der Waals surface area contributed by atoms with E-state index in [9.17, 15) is 9.59 Å². The maximum absolute atomic E-state index is 12.1. The van der Waals surface area contributed by atoms with Gasteiger partial charge in [-0.25, -0.2) is 9.78 Å². The van der Waals surface area contributed by atoms with Gasteiger partial charge in [0, 0.05) is 12.7 Å². The van der Waals surface area contributed by atoms with E-state index < -0.39 is 5.97 Å². The largest absolute Gasteiger partial charge is 0.477 e. The number of hydrogen-bond acceptors (Lipinski definition) is 3. The summed E-state index contributed by atoms with van der Waals surface area (Å²) in [5, 5.41) is 11.7. The van der Waals surface area contributed by atoms with E-state index in [1.165, 1.54) is 23.9 Å². The van der Waals surface area contributed by atoms with Crippen LogP contribution in [0, 0.1) is 5.41 Å². The van der Waals surface area contributed by atoms with Crippen molar-refractivity contribution in [2.24, 2.45) is 5.41 Å². The molecule has 0 aliphatic rings. The molecule has 0 atom stereocenters. The molecule has 1 aromatic carbocycles. The maximum atomic E-state index is 12.1. The number of aromatic carboxylic acids is 1. The Labute approximate surface area is 135 Å². The number of carboxylic acids is 1. The highest BCUT2D eigenvalue weighted by Gasteiger charge is 2.20. The third-order valence-electron chi connectivity index (χ3n) is 3.50. The van der Waals surface area contributed by atoms with Gasteiger partial charge in [0.05, 0.1) is 5.56 Å². The molecule has 23 heavy (non-hydrogen) atoms. The van der Waals surface area contributed by atoms with Crippen LogP contribution in [0.15, 0.2) is 48.7 Å². The molecule has 0 saturated carbocycles. The van der Waals surface area contributed by atoms with Crippen LogP contribution in [0.1, 0.15) is 40.3 Å². The summed E-state index contributed by atoms with van der Waals surface area (Å²) in [6.07, 6.45) is 2.13. The van der Waals surface area contributed by atoms with E-state index in [2.05, 4.69) is 36.3 Å². The minimum absolute atomic E-state index is 0.0778. The van der Waals surface area contributed by atoms with Crippen molar-refractivity contribution in [3.8, 4) is 0 Å². The summed E-state index contributed by atoms with van der Waals surface area (Å²) < 4.78 is 0. The van der Waals surface area contributed by atoms with Crippen LogP contribution in [-0.2, 0) is 6.42 Å². The first-order valence-electron chi connectivity index (χ1n) is 7.39. The Balaban J connectivity index is 1.93. The third kappa shape index (κ3) is 4.92. The summed E-state index contributed by atoms with van der Waals surface area (Å²) in [5.41, 5.74) is 1.40. The molecule has 5 heteroatoms. The Kier molecular flexibility index (Phi) is 5.11.